The molecule has 1 amide bonds. The fourth-order valence-corrected chi connectivity index (χ4v) is 3.79. The maximum absolute atomic E-state index is 12.1. The number of anilines is 1. The normalized spacial score (nSPS) is 17.6. The van der Waals surface area contributed by atoms with Crippen LogP contribution in [0.2, 0.25) is 5.02 Å². The standard InChI is InChI=1S/C16H18ClN3OS/c1-10-14(9-11-4-2-5-12(17)8-11)22-16(19-10)20-15(21)13-6-3-7-18-13/h2,4-5,8,13,18H,3,6-7,9H2,1H3,(H,19,20,21). The van der Waals surface area contributed by atoms with Gasteiger partial charge in [-0.15, -0.1) is 11.3 Å². The van der Waals surface area contributed by atoms with E-state index in [2.05, 4.69) is 15.6 Å². The van der Waals surface area contributed by atoms with Crippen molar-refractivity contribution in [1.29, 1.82) is 0 Å². The largest absolute Gasteiger partial charge is 0.306 e. The van der Waals surface area contributed by atoms with Crippen molar-refractivity contribution in [1.82, 2.24) is 10.3 Å². The lowest BCUT2D eigenvalue weighted by Crippen LogP contribution is -2.35. The van der Waals surface area contributed by atoms with Gasteiger partial charge >= 0.3 is 0 Å². The van der Waals surface area contributed by atoms with Crippen LogP contribution in [0.25, 0.3) is 0 Å². The number of benzene rings is 1. The molecule has 22 heavy (non-hydrogen) atoms. The predicted octanol–water partition coefficient (Wildman–Crippen LogP) is 3.39. The van der Waals surface area contributed by atoms with E-state index in [0.29, 0.717) is 5.13 Å². The third kappa shape index (κ3) is 3.66. The zero-order chi connectivity index (χ0) is 15.5. The summed E-state index contributed by atoms with van der Waals surface area (Å²) in [7, 11) is 0. The van der Waals surface area contributed by atoms with Crippen LogP contribution in [0.15, 0.2) is 24.3 Å². The zero-order valence-electron chi connectivity index (χ0n) is 12.4. The Bertz CT molecular complexity index is 680. The Hall–Kier alpha value is -1.43. The molecule has 1 aliphatic rings. The summed E-state index contributed by atoms with van der Waals surface area (Å²) in [5, 5.41) is 7.53. The van der Waals surface area contributed by atoms with Gasteiger partial charge in [-0.25, -0.2) is 4.98 Å². The van der Waals surface area contributed by atoms with Crippen LogP contribution >= 0.6 is 22.9 Å². The molecular weight excluding hydrogens is 318 g/mol. The highest BCUT2D eigenvalue weighted by Gasteiger charge is 2.23. The van der Waals surface area contributed by atoms with Crippen LogP contribution in [0.1, 0.15) is 29.0 Å². The molecule has 3 rings (SSSR count). The first-order chi connectivity index (χ1) is 10.6. The van der Waals surface area contributed by atoms with Gasteiger partial charge < -0.3 is 10.6 Å². The highest BCUT2D eigenvalue weighted by atomic mass is 35.5. The predicted molar refractivity (Wildman–Crippen MR) is 90.8 cm³/mol. The van der Waals surface area contributed by atoms with Gasteiger partial charge in [-0.3, -0.25) is 4.79 Å². The lowest BCUT2D eigenvalue weighted by Gasteiger charge is -2.08. The summed E-state index contributed by atoms with van der Waals surface area (Å²) in [5.41, 5.74) is 2.11. The Balaban J connectivity index is 1.69. The van der Waals surface area contributed by atoms with Gasteiger partial charge in [-0.1, -0.05) is 23.7 Å². The first-order valence-corrected chi connectivity index (χ1v) is 8.56. The van der Waals surface area contributed by atoms with Gasteiger partial charge in [0.05, 0.1) is 11.7 Å². The molecule has 1 fully saturated rings. The number of aryl methyl sites for hydroxylation is 1. The zero-order valence-corrected chi connectivity index (χ0v) is 13.9. The topological polar surface area (TPSA) is 54.0 Å². The number of carbonyl (C=O) groups is 1. The van der Waals surface area contributed by atoms with Gasteiger partial charge in [-0.2, -0.15) is 0 Å². The van der Waals surface area contributed by atoms with Crippen LogP contribution < -0.4 is 10.6 Å². The minimum Gasteiger partial charge on any atom is -0.306 e. The highest BCUT2D eigenvalue weighted by Crippen LogP contribution is 2.26. The summed E-state index contributed by atoms with van der Waals surface area (Å²) < 4.78 is 0. The summed E-state index contributed by atoms with van der Waals surface area (Å²) >= 11 is 7.55. The number of hydrogen-bond donors (Lipinski definition) is 2. The Morgan fingerprint density at radius 1 is 1.55 bits per heavy atom. The van der Waals surface area contributed by atoms with Crippen molar-refractivity contribution in [2.75, 3.05) is 11.9 Å². The van der Waals surface area contributed by atoms with E-state index in [4.69, 9.17) is 11.6 Å². The van der Waals surface area contributed by atoms with Gasteiger partial charge in [0.25, 0.3) is 0 Å². The fraction of sp³-hybridized carbons (Fsp3) is 0.375. The van der Waals surface area contributed by atoms with Crippen molar-refractivity contribution in [3.8, 4) is 0 Å². The molecule has 1 aromatic carbocycles. The molecule has 1 unspecified atom stereocenters. The first-order valence-electron chi connectivity index (χ1n) is 7.37. The summed E-state index contributed by atoms with van der Waals surface area (Å²) in [6.45, 7) is 2.88. The average molecular weight is 336 g/mol. The van der Waals surface area contributed by atoms with E-state index >= 15 is 0 Å². The molecule has 0 aliphatic carbocycles. The van der Waals surface area contributed by atoms with Crippen LogP contribution in [0, 0.1) is 6.92 Å². The minimum atomic E-state index is -0.0828. The lowest BCUT2D eigenvalue weighted by molar-refractivity contribution is -0.117. The molecule has 1 saturated heterocycles. The second-order valence-corrected chi connectivity index (χ2v) is 6.99. The number of carbonyl (C=O) groups excluding carboxylic acids is 1. The molecule has 6 heteroatoms. The van der Waals surface area contributed by atoms with E-state index in [1.165, 1.54) is 11.3 Å². The van der Waals surface area contributed by atoms with Gasteiger partial charge in [-0.05, 0) is 44.0 Å². The number of nitrogens with zero attached hydrogens (tertiary/aromatic N) is 1. The number of nitrogens with one attached hydrogen (secondary N) is 2. The van der Waals surface area contributed by atoms with Crippen LogP contribution in [0.4, 0.5) is 5.13 Å². The van der Waals surface area contributed by atoms with E-state index in [1.54, 1.807) is 0 Å². The number of rotatable bonds is 4. The number of thiazole rings is 1. The number of hydrogen-bond acceptors (Lipinski definition) is 4. The third-order valence-electron chi connectivity index (χ3n) is 3.75. The lowest BCUT2D eigenvalue weighted by atomic mass is 10.1. The molecule has 2 heterocycles. The molecule has 116 valence electrons. The molecule has 1 aromatic heterocycles. The highest BCUT2D eigenvalue weighted by molar-refractivity contribution is 7.15. The second-order valence-electron chi connectivity index (χ2n) is 5.47. The number of halogens is 1. The van der Waals surface area contributed by atoms with Crippen molar-refractivity contribution < 1.29 is 4.79 Å². The SMILES string of the molecule is Cc1nc(NC(=O)C2CCCN2)sc1Cc1cccc(Cl)c1. The molecule has 2 aromatic rings. The Labute approximate surface area is 138 Å². The summed E-state index contributed by atoms with van der Waals surface area (Å²) in [6.07, 6.45) is 2.72. The smallest absolute Gasteiger partial charge is 0.243 e. The molecule has 0 saturated carbocycles. The summed E-state index contributed by atoms with van der Waals surface area (Å²) in [6, 6.07) is 7.74. The Morgan fingerprint density at radius 2 is 2.41 bits per heavy atom. The van der Waals surface area contributed by atoms with Crippen molar-refractivity contribution in [3.05, 3.63) is 45.4 Å². The van der Waals surface area contributed by atoms with Crippen molar-refractivity contribution in [2.24, 2.45) is 0 Å². The maximum atomic E-state index is 12.1. The molecule has 1 aliphatic heterocycles. The molecule has 0 spiro atoms. The van der Waals surface area contributed by atoms with Gasteiger partial charge in [0.15, 0.2) is 5.13 Å². The summed E-state index contributed by atoms with van der Waals surface area (Å²) in [5.74, 6) is 0.0144. The number of aromatic nitrogens is 1. The van der Waals surface area contributed by atoms with E-state index in [9.17, 15) is 4.79 Å². The Morgan fingerprint density at radius 3 is 3.14 bits per heavy atom. The monoisotopic (exact) mass is 335 g/mol. The van der Waals surface area contributed by atoms with E-state index in [1.807, 2.05) is 31.2 Å². The minimum absolute atomic E-state index is 0.0144. The van der Waals surface area contributed by atoms with Crippen molar-refractivity contribution >= 4 is 34.0 Å². The molecule has 4 nitrogen and oxygen atoms in total. The molecule has 0 radical (unpaired) electrons. The molecule has 2 N–H and O–H groups in total. The van der Waals surface area contributed by atoms with Gasteiger partial charge in [0.2, 0.25) is 5.91 Å². The maximum Gasteiger partial charge on any atom is 0.243 e. The Kier molecular flexibility index (Phi) is 4.76. The molecule has 1 atom stereocenters. The van der Waals surface area contributed by atoms with Crippen LogP contribution in [-0.2, 0) is 11.2 Å². The number of amides is 1. The summed E-state index contributed by atoms with van der Waals surface area (Å²) in [4.78, 5) is 17.7. The quantitative estimate of drug-likeness (QED) is 0.900. The van der Waals surface area contributed by atoms with E-state index in [0.717, 1.165) is 47.0 Å². The van der Waals surface area contributed by atoms with E-state index in [-0.39, 0.29) is 11.9 Å². The van der Waals surface area contributed by atoms with Crippen LogP contribution in [0.3, 0.4) is 0 Å². The van der Waals surface area contributed by atoms with Crippen molar-refractivity contribution in [3.63, 3.8) is 0 Å². The average Bonchev–Trinajstić information content (AvgIpc) is 3.10. The molecule has 0 bridgehead atoms. The van der Waals surface area contributed by atoms with E-state index < -0.39 is 0 Å². The first kappa shape index (κ1) is 15.5. The molecular formula is C16H18ClN3OS. The third-order valence-corrected chi connectivity index (χ3v) is 5.06. The second kappa shape index (κ2) is 6.77. The van der Waals surface area contributed by atoms with Crippen LogP contribution in [-0.4, -0.2) is 23.5 Å². The fourth-order valence-electron chi connectivity index (χ4n) is 2.58. The van der Waals surface area contributed by atoms with Gasteiger partial charge in [0, 0.05) is 16.3 Å². The van der Waals surface area contributed by atoms with Crippen LogP contribution in [0.5, 0.6) is 0 Å². The van der Waals surface area contributed by atoms with Gasteiger partial charge in [0.1, 0.15) is 0 Å². The van der Waals surface area contributed by atoms with Crippen molar-refractivity contribution in [2.45, 2.75) is 32.2 Å².